The number of ketones is 1. The number of hydrogen-bond acceptors (Lipinski definition) is 3. The summed E-state index contributed by atoms with van der Waals surface area (Å²) in [5, 5.41) is 0. The fourth-order valence-corrected chi connectivity index (χ4v) is 5.61. The van der Waals surface area contributed by atoms with Crippen LogP contribution in [0.3, 0.4) is 0 Å². The van der Waals surface area contributed by atoms with Gasteiger partial charge in [-0.2, -0.15) is 0 Å². The van der Waals surface area contributed by atoms with Crippen molar-refractivity contribution in [3.05, 3.63) is 30.1 Å². The summed E-state index contributed by atoms with van der Waals surface area (Å²) in [5.74, 6) is 2.08. The highest BCUT2D eigenvalue weighted by Gasteiger charge is 2.57. The Kier molecular flexibility index (Phi) is 3.10. The summed E-state index contributed by atoms with van der Waals surface area (Å²) in [4.78, 5) is 28.6. The maximum absolute atomic E-state index is 12.5. The second-order valence-corrected chi connectivity index (χ2v) is 7.62. The standard InChI is InChI=1S/C18H22N2O2/c19-17(22)18-8-11-5-12(9-18)14(13(6-11)10-18)7-16(21)15-3-1-2-4-20-15/h1-4,11-14H,5-10H2,(H2,19,22). The lowest BCUT2D eigenvalue weighted by atomic mass is 9.45. The lowest BCUT2D eigenvalue weighted by Crippen LogP contribution is -2.56. The van der Waals surface area contributed by atoms with Gasteiger partial charge in [-0.15, -0.1) is 0 Å². The third-order valence-electron chi connectivity index (χ3n) is 6.36. The predicted octanol–water partition coefficient (Wildman–Crippen LogP) is 2.58. The van der Waals surface area contributed by atoms with Crippen molar-refractivity contribution in [1.82, 2.24) is 4.98 Å². The molecule has 2 N–H and O–H groups in total. The van der Waals surface area contributed by atoms with Crippen LogP contribution < -0.4 is 5.73 Å². The van der Waals surface area contributed by atoms with Gasteiger partial charge in [-0.05, 0) is 67.9 Å². The minimum absolute atomic E-state index is 0.110. The quantitative estimate of drug-likeness (QED) is 0.868. The highest BCUT2D eigenvalue weighted by molar-refractivity contribution is 5.94. The van der Waals surface area contributed by atoms with E-state index in [1.807, 2.05) is 12.1 Å². The zero-order valence-electron chi connectivity index (χ0n) is 12.7. The number of rotatable bonds is 4. The molecule has 5 rings (SSSR count). The van der Waals surface area contributed by atoms with Crippen LogP contribution in [0.2, 0.25) is 0 Å². The van der Waals surface area contributed by atoms with Crippen LogP contribution in [-0.2, 0) is 4.79 Å². The van der Waals surface area contributed by atoms with Crippen molar-refractivity contribution in [1.29, 1.82) is 0 Å². The summed E-state index contributed by atoms with van der Waals surface area (Å²) < 4.78 is 0. The average molecular weight is 298 g/mol. The van der Waals surface area contributed by atoms with E-state index in [0.717, 1.165) is 19.3 Å². The molecule has 4 nitrogen and oxygen atoms in total. The SMILES string of the molecule is NC(=O)C12CC3CC(C1)C(CC(=O)c1ccccn1)C(C3)C2. The van der Waals surface area contributed by atoms with Gasteiger partial charge in [0.2, 0.25) is 5.91 Å². The molecule has 2 atom stereocenters. The van der Waals surface area contributed by atoms with Gasteiger partial charge in [0.25, 0.3) is 0 Å². The first kappa shape index (κ1) is 13.9. The molecule has 22 heavy (non-hydrogen) atoms. The molecule has 4 heteroatoms. The Morgan fingerprint density at radius 3 is 2.50 bits per heavy atom. The number of Topliss-reactive ketones (excluding diaryl/α,β-unsaturated/α-hetero) is 1. The zero-order valence-corrected chi connectivity index (χ0v) is 12.7. The lowest BCUT2D eigenvalue weighted by Gasteiger charge is -2.58. The molecule has 0 aliphatic heterocycles. The Balaban J connectivity index is 1.53. The van der Waals surface area contributed by atoms with Gasteiger partial charge in [-0.1, -0.05) is 6.07 Å². The van der Waals surface area contributed by atoms with E-state index in [0.29, 0.717) is 35.8 Å². The Labute approximate surface area is 130 Å². The van der Waals surface area contributed by atoms with Crippen molar-refractivity contribution in [3.63, 3.8) is 0 Å². The molecule has 4 fully saturated rings. The first-order chi connectivity index (χ1) is 10.6. The van der Waals surface area contributed by atoms with E-state index in [-0.39, 0.29) is 17.1 Å². The van der Waals surface area contributed by atoms with E-state index in [4.69, 9.17) is 5.73 Å². The molecule has 0 radical (unpaired) electrons. The largest absolute Gasteiger partial charge is 0.369 e. The smallest absolute Gasteiger partial charge is 0.223 e. The van der Waals surface area contributed by atoms with Crippen molar-refractivity contribution in [2.75, 3.05) is 0 Å². The summed E-state index contributed by atoms with van der Waals surface area (Å²) >= 11 is 0. The van der Waals surface area contributed by atoms with E-state index in [1.54, 1.807) is 12.3 Å². The molecular weight excluding hydrogens is 276 g/mol. The molecule has 1 heterocycles. The molecule has 4 bridgehead atoms. The average Bonchev–Trinajstić information content (AvgIpc) is 2.51. The molecule has 4 aliphatic rings. The van der Waals surface area contributed by atoms with Crippen molar-refractivity contribution < 1.29 is 9.59 Å². The minimum Gasteiger partial charge on any atom is -0.369 e. The minimum atomic E-state index is -0.263. The Hall–Kier alpha value is -1.71. The molecule has 0 spiro atoms. The van der Waals surface area contributed by atoms with Crippen molar-refractivity contribution in [3.8, 4) is 0 Å². The topological polar surface area (TPSA) is 73.1 Å². The normalized spacial score (nSPS) is 38.9. The van der Waals surface area contributed by atoms with Crippen LogP contribution in [0, 0.1) is 29.1 Å². The number of nitrogens with two attached hydrogens (primary N) is 1. The van der Waals surface area contributed by atoms with Crippen LogP contribution in [0.5, 0.6) is 0 Å². The summed E-state index contributed by atoms with van der Waals surface area (Å²) in [6.07, 6.45) is 7.37. The molecule has 4 saturated carbocycles. The monoisotopic (exact) mass is 298 g/mol. The fourth-order valence-electron chi connectivity index (χ4n) is 5.61. The second-order valence-electron chi connectivity index (χ2n) is 7.62. The van der Waals surface area contributed by atoms with Crippen LogP contribution in [0.15, 0.2) is 24.4 Å². The highest BCUT2D eigenvalue weighted by atomic mass is 16.1. The van der Waals surface area contributed by atoms with Gasteiger partial charge in [-0.25, -0.2) is 0 Å². The molecule has 1 aromatic heterocycles. The summed E-state index contributed by atoms with van der Waals surface area (Å²) in [5.41, 5.74) is 6.02. The van der Waals surface area contributed by atoms with E-state index < -0.39 is 0 Å². The van der Waals surface area contributed by atoms with Crippen LogP contribution >= 0.6 is 0 Å². The lowest BCUT2D eigenvalue weighted by molar-refractivity contribution is -0.149. The van der Waals surface area contributed by atoms with E-state index in [2.05, 4.69) is 4.98 Å². The second kappa shape index (κ2) is 4.90. The van der Waals surface area contributed by atoms with Gasteiger partial charge in [0.05, 0.1) is 0 Å². The number of aromatic nitrogens is 1. The molecule has 0 saturated heterocycles. The number of pyridine rings is 1. The van der Waals surface area contributed by atoms with Crippen molar-refractivity contribution in [2.24, 2.45) is 34.8 Å². The van der Waals surface area contributed by atoms with Gasteiger partial charge in [0.15, 0.2) is 5.78 Å². The van der Waals surface area contributed by atoms with E-state index in [9.17, 15) is 9.59 Å². The number of carbonyl (C=O) groups excluding carboxylic acids is 2. The maximum atomic E-state index is 12.5. The Bertz CT molecular complexity index is 597. The third-order valence-corrected chi connectivity index (χ3v) is 6.36. The molecular formula is C18H22N2O2. The van der Waals surface area contributed by atoms with Crippen LogP contribution in [-0.4, -0.2) is 16.7 Å². The van der Waals surface area contributed by atoms with Crippen LogP contribution in [0.25, 0.3) is 0 Å². The van der Waals surface area contributed by atoms with Crippen LogP contribution in [0.4, 0.5) is 0 Å². The third kappa shape index (κ3) is 2.08. The first-order valence-corrected chi connectivity index (χ1v) is 8.31. The number of carbonyl (C=O) groups is 2. The first-order valence-electron chi connectivity index (χ1n) is 8.31. The predicted molar refractivity (Wildman–Crippen MR) is 81.9 cm³/mol. The Morgan fingerprint density at radius 2 is 1.91 bits per heavy atom. The molecule has 1 aromatic rings. The van der Waals surface area contributed by atoms with Crippen molar-refractivity contribution >= 4 is 11.7 Å². The van der Waals surface area contributed by atoms with E-state index in [1.165, 1.54) is 12.8 Å². The number of hydrogen-bond donors (Lipinski definition) is 1. The van der Waals surface area contributed by atoms with Gasteiger partial charge < -0.3 is 5.73 Å². The molecule has 2 unspecified atom stereocenters. The summed E-state index contributed by atoms with van der Waals surface area (Å²) in [7, 11) is 0. The number of nitrogens with zero attached hydrogens (tertiary/aromatic N) is 1. The van der Waals surface area contributed by atoms with Gasteiger partial charge >= 0.3 is 0 Å². The van der Waals surface area contributed by atoms with E-state index >= 15 is 0 Å². The zero-order chi connectivity index (χ0) is 15.3. The van der Waals surface area contributed by atoms with Crippen LogP contribution in [0.1, 0.15) is 49.0 Å². The fraction of sp³-hybridized carbons (Fsp3) is 0.611. The van der Waals surface area contributed by atoms with Gasteiger partial charge in [0.1, 0.15) is 5.69 Å². The highest BCUT2D eigenvalue weighted by Crippen LogP contribution is 2.62. The van der Waals surface area contributed by atoms with Crippen molar-refractivity contribution in [2.45, 2.75) is 38.5 Å². The molecule has 0 aromatic carbocycles. The maximum Gasteiger partial charge on any atom is 0.223 e. The Morgan fingerprint density at radius 1 is 1.18 bits per heavy atom. The summed E-state index contributed by atoms with van der Waals surface area (Å²) in [6, 6.07) is 5.48. The van der Waals surface area contributed by atoms with Gasteiger partial charge in [-0.3, -0.25) is 14.6 Å². The molecule has 116 valence electrons. The van der Waals surface area contributed by atoms with Gasteiger partial charge in [0, 0.05) is 18.0 Å². The molecule has 4 aliphatic carbocycles. The number of primary amides is 1. The molecule has 1 amide bonds. The summed E-state index contributed by atoms with van der Waals surface area (Å²) in [6.45, 7) is 0. The number of amides is 1.